The molecule has 1 aromatic carbocycles. The molecule has 6 heteroatoms. The Balaban J connectivity index is 1.49. The van der Waals surface area contributed by atoms with E-state index in [1.807, 2.05) is 60.3 Å². The maximum absolute atomic E-state index is 13.1. The second kappa shape index (κ2) is 9.52. The molecule has 1 fully saturated rings. The quantitative estimate of drug-likeness (QED) is 0.578. The van der Waals surface area contributed by atoms with E-state index in [0.717, 1.165) is 36.1 Å². The minimum atomic E-state index is -0.0739. The van der Waals surface area contributed by atoms with Gasteiger partial charge in [0.05, 0.1) is 30.5 Å². The molecule has 0 bridgehead atoms. The fraction of sp³-hybridized carbons (Fsp3) is 0.440. The maximum Gasteiger partial charge on any atom is 0.270 e. The van der Waals surface area contributed by atoms with Crippen molar-refractivity contribution in [3.8, 4) is 17.1 Å². The standard InChI is InChI=1S/C25H33N5O/c1-19-10-12-21(13-11-19)30-24(18-22(27-30)23-9-6-15-28(23)3)25(31)26-14-7-17-29-16-5-4-8-20(29)2/h6,9-13,15,18,20H,4-5,7-8,14,16-17H2,1-3H3,(H,26,31)/p+1/t20-/m0/s1. The molecule has 0 spiro atoms. The molecule has 1 unspecified atom stereocenters. The zero-order valence-corrected chi connectivity index (χ0v) is 18.9. The van der Waals surface area contributed by atoms with Gasteiger partial charge in [-0.3, -0.25) is 4.79 Å². The third-order valence-corrected chi connectivity index (χ3v) is 6.47. The number of nitrogens with zero attached hydrogens (tertiary/aromatic N) is 3. The van der Waals surface area contributed by atoms with Gasteiger partial charge in [0.25, 0.3) is 5.91 Å². The van der Waals surface area contributed by atoms with Crippen LogP contribution in [0.5, 0.6) is 0 Å². The highest BCUT2D eigenvalue weighted by atomic mass is 16.2. The van der Waals surface area contributed by atoms with Crippen LogP contribution in [0.25, 0.3) is 17.1 Å². The van der Waals surface area contributed by atoms with E-state index in [9.17, 15) is 4.79 Å². The Kier molecular flexibility index (Phi) is 6.56. The lowest BCUT2D eigenvalue weighted by Crippen LogP contribution is -3.16. The summed E-state index contributed by atoms with van der Waals surface area (Å²) in [7, 11) is 1.99. The van der Waals surface area contributed by atoms with Gasteiger partial charge < -0.3 is 14.8 Å². The number of hydrogen-bond acceptors (Lipinski definition) is 2. The van der Waals surface area contributed by atoms with Crippen LogP contribution in [0.1, 0.15) is 48.7 Å². The first-order valence-corrected chi connectivity index (χ1v) is 11.4. The molecule has 0 radical (unpaired) electrons. The molecule has 3 heterocycles. The summed E-state index contributed by atoms with van der Waals surface area (Å²) in [5, 5.41) is 7.91. The number of carbonyl (C=O) groups is 1. The normalized spacial score (nSPS) is 18.8. The molecule has 1 aliphatic heterocycles. The molecule has 2 atom stereocenters. The number of piperidine rings is 1. The molecular formula is C25H34N5O+. The van der Waals surface area contributed by atoms with Crippen molar-refractivity contribution in [2.45, 2.75) is 45.6 Å². The Labute approximate surface area is 184 Å². The number of rotatable bonds is 7. The highest BCUT2D eigenvalue weighted by Crippen LogP contribution is 2.22. The van der Waals surface area contributed by atoms with Gasteiger partial charge in [-0.2, -0.15) is 5.10 Å². The molecule has 2 aromatic heterocycles. The summed E-state index contributed by atoms with van der Waals surface area (Å²) >= 11 is 0. The summed E-state index contributed by atoms with van der Waals surface area (Å²) in [6.07, 6.45) is 6.98. The second-order valence-corrected chi connectivity index (χ2v) is 8.83. The number of aryl methyl sites for hydroxylation is 2. The zero-order valence-electron chi connectivity index (χ0n) is 18.9. The number of benzene rings is 1. The number of carbonyl (C=O) groups excluding carboxylic acids is 1. The number of quaternary nitrogens is 1. The van der Waals surface area contributed by atoms with Crippen LogP contribution in [-0.4, -0.2) is 45.9 Å². The van der Waals surface area contributed by atoms with E-state index in [0.29, 0.717) is 12.2 Å². The lowest BCUT2D eigenvalue weighted by Gasteiger charge is -2.30. The fourth-order valence-electron chi connectivity index (χ4n) is 4.51. The van der Waals surface area contributed by atoms with Crippen LogP contribution in [0.4, 0.5) is 0 Å². The lowest BCUT2D eigenvalue weighted by molar-refractivity contribution is -0.928. The summed E-state index contributed by atoms with van der Waals surface area (Å²) in [6, 6.07) is 14.7. The fourth-order valence-corrected chi connectivity index (χ4v) is 4.51. The van der Waals surface area contributed by atoms with E-state index in [2.05, 4.69) is 19.2 Å². The topological polar surface area (TPSA) is 56.3 Å². The largest absolute Gasteiger partial charge is 0.350 e. The molecular weight excluding hydrogens is 386 g/mol. The summed E-state index contributed by atoms with van der Waals surface area (Å²) < 4.78 is 3.78. The average Bonchev–Trinajstić information content (AvgIpc) is 3.39. The first kappa shape index (κ1) is 21.4. The average molecular weight is 421 g/mol. The summed E-state index contributed by atoms with van der Waals surface area (Å²) in [5.74, 6) is -0.0739. The zero-order chi connectivity index (χ0) is 21.8. The molecule has 0 aliphatic carbocycles. The van der Waals surface area contributed by atoms with Gasteiger partial charge in [-0.25, -0.2) is 4.68 Å². The van der Waals surface area contributed by atoms with Crippen molar-refractivity contribution >= 4 is 5.91 Å². The van der Waals surface area contributed by atoms with E-state index in [-0.39, 0.29) is 5.91 Å². The van der Waals surface area contributed by atoms with Crippen molar-refractivity contribution in [3.63, 3.8) is 0 Å². The lowest BCUT2D eigenvalue weighted by atomic mass is 10.0. The van der Waals surface area contributed by atoms with Crippen LogP contribution in [0.2, 0.25) is 0 Å². The summed E-state index contributed by atoms with van der Waals surface area (Å²) in [5.41, 5.74) is 4.42. The van der Waals surface area contributed by atoms with Crippen LogP contribution < -0.4 is 10.2 Å². The Morgan fingerprint density at radius 1 is 1.23 bits per heavy atom. The molecule has 31 heavy (non-hydrogen) atoms. The van der Waals surface area contributed by atoms with Crippen molar-refractivity contribution < 1.29 is 9.69 Å². The molecule has 0 saturated carbocycles. The second-order valence-electron chi connectivity index (χ2n) is 8.83. The molecule has 1 aliphatic rings. The van der Waals surface area contributed by atoms with Crippen LogP contribution in [0.3, 0.4) is 0 Å². The van der Waals surface area contributed by atoms with Crippen molar-refractivity contribution in [3.05, 3.63) is 59.9 Å². The Bertz CT molecular complexity index is 1020. The van der Waals surface area contributed by atoms with Crippen LogP contribution in [0.15, 0.2) is 48.7 Å². The molecule has 1 saturated heterocycles. The van der Waals surface area contributed by atoms with Gasteiger partial charge in [0.1, 0.15) is 11.4 Å². The predicted molar refractivity (Wildman–Crippen MR) is 124 cm³/mol. The highest BCUT2D eigenvalue weighted by molar-refractivity contribution is 5.94. The van der Waals surface area contributed by atoms with Gasteiger partial charge in [-0.1, -0.05) is 17.7 Å². The number of aromatic nitrogens is 3. The van der Waals surface area contributed by atoms with Crippen molar-refractivity contribution in [2.24, 2.45) is 7.05 Å². The third kappa shape index (κ3) is 4.90. The molecule has 3 aromatic rings. The minimum Gasteiger partial charge on any atom is -0.350 e. The predicted octanol–water partition coefficient (Wildman–Crippen LogP) is 2.76. The van der Waals surface area contributed by atoms with E-state index in [1.165, 1.54) is 31.4 Å². The van der Waals surface area contributed by atoms with Crippen molar-refractivity contribution in [1.82, 2.24) is 19.7 Å². The Morgan fingerprint density at radius 3 is 2.74 bits per heavy atom. The molecule has 1 amide bonds. The molecule has 2 N–H and O–H groups in total. The van der Waals surface area contributed by atoms with E-state index < -0.39 is 0 Å². The smallest absolute Gasteiger partial charge is 0.270 e. The van der Waals surface area contributed by atoms with Gasteiger partial charge >= 0.3 is 0 Å². The van der Waals surface area contributed by atoms with Crippen LogP contribution in [-0.2, 0) is 7.05 Å². The molecule has 4 rings (SSSR count). The highest BCUT2D eigenvalue weighted by Gasteiger charge is 2.22. The summed E-state index contributed by atoms with van der Waals surface area (Å²) in [4.78, 5) is 14.8. The van der Waals surface area contributed by atoms with E-state index in [1.54, 1.807) is 9.58 Å². The van der Waals surface area contributed by atoms with Crippen molar-refractivity contribution in [1.29, 1.82) is 0 Å². The van der Waals surface area contributed by atoms with Gasteiger partial charge in [0, 0.05) is 26.2 Å². The first-order chi connectivity index (χ1) is 15.0. The van der Waals surface area contributed by atoms with Gasteiger partial charge in [0.15, 0.2) is 0 Å². The number of amides is 1. The number of hydrogen-bond donors (Lipinski definition) is 2. The first-order valence-electron chi connectivity index (χ1n) is 11.4. The van der Waals surface area contributed by atoms with E-state index in [4.69, 9.17) is 5.10 Å². The minimum absolute atomic E-state index is 0.0739. The maximum atomic E-state index is 13.1. The van der Waals surface area contributed by atoms with Gasteiger partial charge in [-0.15, -0.1) is 0 Å². The van der Waals surface area contributed by atoms with E-state index >= 15 is 0 Å². The van der Waals surface area contributed by atoms with Crippen LogP contribution in [0, 0.1) is 6.92 Å². The number of likely N-dealkylation sites (tertiary alicyclic amines) is 1. The van der Waals surface area contributed by atoms with Crippen molar-refractivity contribution in [2.75, 3.05) is 19.6 Å². The summed E-state index contributed by atoms with van der Waals surface area (Å²) in [6.45, 7) is 7.47. The SMILES string of the molecule is Cc1ccc(-n2nc(-c3cccn3C)cc2C(=O)NCCC[NH+]2CCCC[C@@H]2C)cc1. The molecule has 6 nitrogen and oxygen atoms in total. The Morgan fingerprint density at radius 2 is 2.03 bits per heavy atom. The van der Waals surface area contributed by atoms with Gasteiger partial charge in [-0.05, 0) is 63.4 Å². The number of nitrogens with one attached hydrogen (secondary N) is 2. The third-order valence-electron chi connectivity index (χ3n) is 6.47. The van der Waals surface area contributed by atoms with Gasteiger partial charge in [0.2, 0.25) is 0 Å². The van der Waals surface area contributed by atoms with Crippen LogP contribution >= 0.6 is 0 Å². The Hall–Kier alpha value is -2.86. The monoisotopic (exact) mass is 420 g/mol. The molecule has 164 valence electrons.